The first-order chi connectivity index (χ1) is 12.5. The second-order valence-corrected chi connectivity index (χ2v) is 6.82. The third-order valence-electron chi connectivity index (χ3n) is 3.99. The summed E-state index contributed by atoms with van der Waals surface area (Å²) < 4.78 is 1.84. The Kier molecular flexibility index (Phi) is 5.85. The van der Waals surface area contributed by atoms with Gasteiger partial charge < -0.3 is 10.2 Å². The van der Waals surface area contributed by atoms with Gasteiger partial charge in [0.2, 0.25) is 5.91 Å². The van der Waals surface area contributed by atoms with Crippen LogP contribution in [0, 0.1) is 0 Å². The highest BCUT2D eigenvalue weighted by atomic mass is 35.5. The number of nitrogens with one attached hydrogen (secondary N) is 1. The first kappa shape index (κ1) is 18.4. The molecule has 0 fully saturated rings. The van der Waals surface area contributed by atoms with E-state index >= 15 is 0 Å². The van der Waals surface area contributed by atoms with Crippen LogP contribution in [0.4, 0.5) is 0 Å². The molecule has 0 radical (unpaired) electrons. The molecule has 0 bridgehead atoms. The van der Waals surface area contributed by atoms with E-state index in [2.05, 4.69) is 20.2 Å². The second-order valence-electron chi connectivity index (χ2n) is 6.38. The first-order valence-electron chi connectivity index (χ1n) is 8.53. The molecule has 7 heteroatoms. The number of halogens is 1. The molecule has 1 N–H and O–H groups in total. The van der Waals surface area contributed by atoms with Crippen LogP contribution >= 0.6 is 11.6 Å². The Morgan fingerprint density at radius 2 is 2.12 bits per heavy atom. The molecule has 0 spiro atoms. The number of imidazole rings is 1. The van der Waals surface area contributed by atoms with Gasteiger partial charge in [-0.15, -0.1) is 0 Å². The summed E-state index contributed by atoms with van der Waals surface area (Å²) in [6.07, 6.45) is 2.61. The van der Waals surface area contributed by atoms with E-state index in [9.17, 15) is 4.79 Å². The van der Waals surface area contributed by atoms with Crippen molar-refractivity contribution in [2.75, 3.05) is 27.2 Å². The zero-order valence-electron chi connectivity index (χ0n) is 14.9. The van der Waals surface area contributed by atoms with Crippen molar-refractivity contribution in [3.05, 3.63) is 47.6 Å². The molecule has 6 nitrogen and oxygen atoms in total. The van der Waals surface area contributed by atoms with Crippen LogP contribution in [0.25, 0.3) is 22.6 Å². The highest BCUT2D eigenvalue weighted by Crippen LogP contribution is 2.25. The fourth-order valence-electron chi connectivity index (χ4n) is 2.78. The molecule has 136 valence electrons. The largest absolute Gasteiger partial charge is 0.355 e. The number of benzene rings is 1. The van der Waals surface area contributed by atoms with E-state index in [0.717, 1.165) is 24.0 Å². The predicted molar refractivity (Wildman–Crippen MR) is 104 cm³/mol. The molecule has 0 saturated heterocycles. The molecule has 0 aliphatic rings. The van der Waals surface area contributed by atoms with E-state index in [1.165, 1.54) is 0 Å². The SMILES string of the molecule is CN(C)CCCNC(=O)Cn1c(-c2cccc(Cl)c2)nc2cccnc21. The average molecular weight is 372 g/mol. The monoisotopic (exact) mass is 371 g/mol. The van der Waals surface area contributed by atoms with E-state index < -0.39 is 0 Å². The zero-order chi connectivity index (χ0) is 18.5. The van der Waals surface area contributed by atoms with Crippen LogP contribution in [-0.4, -0.2) is 52.5 Å². The van der Waals surface area contributed by atoms with Crippen LogP contribution in [0.15, 0.2) is 42.6 Å². The summed E-state index contributed by atoms with van der Waals surface area (Å²) >= 11 is 6.13. The standard InChI is InChI=1S/C19H22ClN5O/c1-24(2)11-5-10-21-17(26)13-25-18(14-6-3-7-15(20)12-14)23-16-8-4-9-22-19(16)25/h3-4,6-9,12H,5,10-11,13H2,1-2H3,(H,21,26). The quantitative estimate of drug-likeness (QED) is 0.649. The maximum Gasteiger partial charge on any atom is 0.240 e. The maximum atomic E-state index is 12.4. The fraction of sp³-hybridized carbons (Fsp3) is 0.316. The summed E-state index contributed by atoms with van der Waals surface area (Å²) in [4.78, 5) is 23.6. The molecule has 0 aliphatic heterocycles. The van der Waals surface area contributed by atoms with Crippen LogP contribution in [0.1, 0.15) is 6.42 Å². The third kappa shape index (κ3) is 4.39. The Bertz CT molecular complexity index is 906. The molecule has 3 rings (SSSR count). The van der Waals surface area contributed by atoms with Gasteiger partial charge in [-0.2, -0.15) is 0 Å². The van der Waals surface area contributed by atoms with Gasteiger partial charge >= 0.3 is 0 Å². The molecule has 1 amide bonds. The Labute approximate surface area is 157 Å². The van der Waals surface area contributed by atoms with Gasteiger partial charge in [-0.3, -0.25) is 9.36 Å². The number of rotatable bonds is 7. The topological polar surface area (TPSA) is 63.1 Å². The van der Waals surface area contributed by atoms with Crippen molar-refractivity contribution in [3.63, 3.8) is 0 Å². The predicted octanol–water partition coefficient (Wildman–Crippen LogP) is 2.82. The van der Waals surface area contributed by atoms with Gasteiger partial charge in [0.05, 0.1) is 0 Å². The molecular weight excluding hydrogens is 350 g/mol. The minimum atomic E-state index is -0.0583. The Hall–Kier alpha value is -2.44. The van der Waals surface area contributed by atoms with Gasteiger partial charge in [0.25, 0.3) is 0 Å². The first-order valence-corrected chi connectivity index (χ1v) is 8.91. The lowest BCUT2D eigenvalue weighted by atomic mass is 10.2. The summed E-state index contributed by atoms with van der Waals surface area (Å²) in [5.74, 6) is 0.627. The summed E-state index contributed by atoms with van der Waals surface area (Å²) in [7, 11) is 4.03. The summed E-state index contributed by atoms with van der Waals surface area (Å²) in [6, 6.07) is 11.2. The van der Waals surface area contributed by atoms with Gasteiger partial charge in [-0.05, 0) is 51.3 Å². The molecule has 0 atom stereocenters. The molecule has 1 aromatic carbocycles. The molecule has 2 aromatic heterocycles. The van der Waals surface area contributed by atoms with Crippen LogP contribution in [-0.2, 0) is 11.3 Å². The van der Waals surface area contributed by atoms with Crippen LogP contribution in [0.2, 0.25) is 5.02 Å². The van der Waals surface area contributed by atoms with Crippen molar-refractivity contribution >= 4 is 28.7 Å². The lowest BCUT2D eigenvalue weighted by Gasteiger charge is -2.11. The number of nitrogens with zero attached hydrogens (tertiary/aromatic N) is 4. The molecule has 0 saturated carbocycles. The number of hydrogen-bond donors (Lipinski definition) is 1. The number of aromatic nitrogens is 3. The summed E-state index contributed by atoms with van der Waals surface area (Å²) in [6.45, 7) is 1.74. The van der Waals surface area contributed by atoms with Gasteiger partial charge in [-0.1, -0.05) is 23.7 Å². The Balaban J connectivity index is 1.84. The average Bonchev–Trinajstić information content (AvgIpc) is 2.97. The fourth-order valence-corrected chi connectivity index (χ4v) is 2.97. The zero-order valence-corrected chi connectivity index (χ0v) is 15.7. The lowest BCUT2D eigenvalue weighted by molar-refractivity contribution is -0.121. The molecule has 26 heavy (non-hydrogen) atoms. The van der Waals surface area contributed by atoms with E-state index in [4.69, 9.17) is 11.6 Å². The van der Waals surface area contributed by atoms with Crippen molar-refractivity contribution < 1.29 is 4.79 Å². The molecule has 3 aromatic rings. The van der Waals surface area contributed by atoms with Crippen LogP contribution in [0.5, 0.6) is 0 Å². The normalized spacial score (nSPS) is 11.2. The van der Waals surface area contributed by atoms with Crippen molar-refractivity contribution in [2.24, 2.45) is 0 Å². The van der Waals surface area contributed by atoms with Gasteiger partial charge in [0, 0.05) is 23.3 Å². The number of amides is 1. The number of pyridine rings is 1. The maximum absolute atomic E-state index is 12.4. The number of carbonyl (C=O) groups excluding carboxylic acids is 1. The van der Waals surface area contributed by atoms with Crippen LogP contribution in [0.3, 0.4) is 0 Å². The van der Waals surface area contributed by atoms with Gasteiger partial charge in [0.15, 0.2) is 5.65 Å². The second kappa shape index (κ2) is 8.29. The van der Waals surface area contributed by atoms with E-state index in [0.29, 0.717) is 23.0 Å². The molecule has 0 unspecified atom stereocenters. The lowest BCUT2D eigenvalue weighted by Crippen LogP contribution is -2.30. The van der Waals surface area contributed by atoms with E-state index in [-0.39, 0.29) is 12.5 Å². The minimum Gasteiger partial charge on any atom is -0.355 e. The Morgan fingerprint density at radius 3 is 2.88 bits per heavy atom. The highest BCUT2D eigenvalue weighted by Gasteiger charge is 2.16. The summed E-state index contributed by atoms with van der Waals surface area (Å²) in [5, 5.41) is 3.59. The minimum absolute atomic E-state index is 0.0583. The van der Waals surface area contributed by atoms with Gasteiger partial charge in [-0.25, -0.2) is 9.97 Å². The van der Waals surface area contributed by atoms with Crippen molar-refractivity contribution in [3.8, 4) is 11.4 Å². The summed E-state index contributed by atoms with van der Waals surface area (Å²) in [5.41, 5.74) is 2.30. The molecular formula is C19H22ClN5O. The molecule has 2 heterocycles. The third-order valence-corrected chi connectivity index (χ3v) is 4.23. The molecule has 0 aliphatic carbocycles. The smallest absolute Gasteiger partial charge is 0.240 e. The van der Waals surface area contributed by atoms with E-state index in [1.54, 1.807) is 6.20 Å². The van der Waals surface area contributed by atoms with Crippen molar-refractivity contribution in [1.29, 1.82) is 0 Å². The number of carbonyl (C=O) groups is 1. The van der Waals surface area contributed by atoms with Crippen molar-refractivity contribution in [2.45, 2.75) is 13.0 Å². The Morgan fingerprint density at radius 1 is 1.27 bits per heavy atom. The van der Waals surface area contributed by atoms with Gasteiger partial charge in [0.1, 0.15) is 17.9 Å². The van der Waals surface area contributed by atoms with Crippen LogP contribution < -0.4 is 5.32 Å². The number of hydrogen-bond acceptors (Lipinski definition) is 4. The van der Waals surface area contributed by atoms with E-state index in [1.807, 2.05) is 55.1 Å². The van der Waals surface area contributed by atoms with Crippen molar-refractivity contribution in [1.82, 2.24) is 24.8 Å². The number of fused-ring (bicyclic) bond motifs is 1. The highest BCUT2D eigenvalue weighted by molar-refractivity contribution is 6.30.